The lowest BCUT2D eigenvalue weighted by molar-refractivity contribution is -0.144. The zero-order chi connectivity index (χ0) is 14.8. The molecule has 0 saturated heterocycles. The van der Waals surface area contributed by atoms with Crippen molar-refractivity contribution in [3.05, 3.63) is 29.8 Å². The van der Waals surface area contributed by atoms with E-state index in [-0.39, 0.29) is 0 Å². The number of benzene rings is 1. The second-order valence-corrected chi connectivity index (χ2v) is 7.22. The first-order valence-corrected chi connectivity index (χ1v) is 8.04. The van der Waals surface area contributed by atoms with E-state index in [1.165, 1.54) is 10.5 Å². The minimum atomic E-state index is -0.727. The number of likely N-dealkylation sites (N-methyl/N-ethyl adjacent to an activating group) is 1. The zero-order valence-corrected chi connectivity index (χ0v) is 13.2. The number of carbonyl (C=O) groups is 1. The fraction of sp³-hybridized carbons (Fsp3) is 0.562. The van der Waals surface area contributed by atoms with E-state index in [0.717, 1.165) is 6.42 Å². The Kier molecular flexibility index (Phi) is 4.76. The fourth-order valence-corrected chi connectivity index (χ4v) is 4.03. The molecule has 1 saturated carbocycles. The zero-order valence-electron chi connectivity index (χ0n) is 12.3. The number of carboxylic acids is 1. The average molecular weight is 293 g/mol. The maximum absolute atomic E-state index is 11.4. The molecule has 4 heteroatoms. The predicted octanol–water partition coefficient (Wildman–Crippen LogP) is 3.50. The number of carboxylic acid groups (broad SMARTS) is 1. The third kappa shape index (κ3) is 3.18. The molecule has 0 aliphatic heterocycles. The van der Waals surface area contributed by atoms with Crippen molar-refractivity contribution in [2.24, 2.45) is 0 Å². The molecule has 1 aromatic carbocycles. The topological polar surface area (TPSA) is 49.3 Å². The lowest BCUT2D eigenvalue weighted by Crippen LogP contribution is -2.48. The molecule has 0 bridgehead atoms. The first-order valence-electron chi connectivity index (χ1n) is 7.16. The van der Waals surface area contributed by atoms with Crippen molar-refractivity contribution in [2.45, 2.75) is 54.7 Å². The monoisotopic (exact) mass is 293 g/mol. The van der Waals surface area contributed by atoms with E-state index in [4.69, 9.17) is 0 Å². The summed E-state index contributed by atoms with van der Waals surface area (Å²) in [5.41, 5.74) is 0.617. The molecule has 1 aliphatic rings. The summed E-state index contributed by atoms with van der Waals surface area (Å²) in [5.74, 6) is -0.178. The minimum absolute atomic E-state index is 0.378. The van der Waals surface area contributed by atoms with Gasteiger partial charge in [0.2, 0.25) is 0 Å². The fourth-order valence-electron chi connectivity index (χ4n) is 2.75. The van der Waals surface area contributed by atoms with Gasteiger partial charge in [-0.15, -0.1) is 11.8 Å². The molecule has 20 heavy (non-hydrogen) atoms. The van der Waals surface area contributed by atoms with Crippen molar-refractivity contribution >= 4 is 17.7 Å². The lowest BCUT2D eigenvalue weighted by atomic mass is 9.99. The minimum Gasteiger partial charge on any atom is -0.480 e. The highest BCUT2D eigenvalue weighted by atomic mass is 32.2. The van der Waals surface area contributed by atoms with E-state index < -0.39 is 11.5 Å². The van der Waals surface area contributed by atoms with Crippen LogP contribution in [0.5, 0.6) is 0 Å². The van der Waals surface area contributed by atoms with E-state index in [2.05, 4.69) is 43.4 Å². The smallest absolute Gasteiger partial charge is 0.323 e. The van der Waals surface area contributed by atoms with Crippen molar-refractivity contribution < 1.29 is 9.90 Å². The van der Waals surface area contributed by atoms with Crippen LogP contribution in [0.3, 0.4) is 0 Å². The molecular weight excluding hydrogens is 270 g/mol. The van der Waals surface area contributed by atoms with Gasteiger partial charge < -0.3 is 10.4 Å². The van der Waals surface area contributed by atoms with Gasteiger partial charge in [0.25, 0.3) is 0 Å². The number of thioether (sulfide) groups is 1. The van der Waals surface area contributed by atoms with Crippen LogP contribution < -0.4 is 5.32 Å². The van der Waals surface area contributed by atoms with Crippen LogP contribution in [0.15, 0.2) is 29.2 Å². The standard InChI is InChI=1S/C16H23NO2S/c1-11(2)12-4-6-13(7-5-12)20-14-8-9-16(10-14,17-3)15(18)19/h4-7,11,14,17H,8-10H2,1-3H3,(H,18,19). The first kappa shape index (κ1) is 15.4. The Balaban J connectivity index is 2.00. The van der Waals surface area contributed by atoms with E-state index in [1.807, 2.05) is 0 Å². The van der Waals surface area contributed by atoms with Crippen molar-refractivity contribution in [3.63, 3.8) is 0 Å². The quantitative estimate of drug-likeness (QED) is 0.872. The van der Waals surface area contributed by atoms with Gasteiger partial charge >= 0.3 is 5.97 Å². The molecule has 2 N–H and O–H groups in total. The Bertz CT molecular complexity index is 472. The van der Waals surface area contributed by atoms with E-state index in [9.17, 15) is 9.90 Å². The van der Waals surface area contributed by atoms with Gasteiger partial charge in [0.1, 0.15) is 5.54 Å². The molecule has 0 aromatic heterocycles. The number of hydrogen-bond donors (Lipinski definition) is 2. The van der Waals surface area contributed by atoms with E-state index >= 15 is 0 Å². The van der Waals surface area contributed by atoms with Crippen molar-refractivity contribution in [1.29, 1.82) is 0 Å². The van der Waals surface area contributed by atoms with Gasteiger partial charge in [-0.05, 0) is 49.9 Å². The van der Waals surface area contributed by atoms with Gasteiger partial charge in [-0.3, -0.25) is 4.79 Å². The van der Waals surface area contributed by atoms with Crippen LogP contribution in [0.1, 0.15) is 44.6 Å². The average Bonchev–Trinajstić information content (AvgIpc) is 2.84. The molecule has 1 aliphatic carbocycles. The van der Waals surface area contributed by atoms with Crippen LogP contribution in [0.25, 0.3) is 0 Å². The number of aliphatic carboxylic acids is 1. The molecule has 2 unspecified atom stereocenters. The normalized spacial score (nSPS) is 26.1. The highest BCUT2D eigenvalue weighted by Gasteiger charge is 2.44. The molecular formula is C16H23NO2S. The van der Waals surface area contributed by atoms with Gasteiger partial charge in [0, 0.05) is 10.1 Å². The molecule has 0 spiro atoms. The van der Waals surface area contributed by atoms with Gasteiger partial charge in [0.05, 0.1) is 0 Å². The van der Waals surface area contributed by atoms with Crippen LogP contribution in [0, 0.1) is 0 Å². The SMILES string of the molecule is CNC1(C(=O)O)CCC(Sc2ccc(C(C)C)cc2)C1. The summed E-state index contributed by atoms with van der Waals surface area (Å²) in [6.07, 6.45) is 2.35. The molecule has 0 radical (unpaired) electrons. The largest absolute Gasteiger partial charge is 0.480 e. The summed E-state index contributed by atoms with van der Waals surface area (Å²) >= 11 is 1.80. The van der Waals surface area contributed by atoms with Crippen molar-refractivity contribution in [1.82, 2.24) is 5.32 Å². The third-order valence-electron chi connectivity index (χ3n) is 4.21. The summed E-state index contributed by atoms with van der Waals surface area (Å²) in [4.78, 5) is 12.6. The van der Waals surface area contributed by atoms with Crippen molar-refractivity contribution in [3.8, 4) is 0 Å². The number of rotatable bonds is 5. The van der Waals surface area contributed by atoms with Gasteiger partial charge in [-0.2, -0.15) is 0 Å². The Morgan fingerprint density at radius 2 is 2.05 bits per heavy atom. The summed E-state index contributed by atoms with van der Waals surface area (Å²) in [6, 6.07) is 8.65. The Labute approximate surface area is 125 Å². The third-order valence-corrected chi connectivity index (χ3v) is 5.49. The Morgan fingerprint density at radius 3 is 2.50 bits per heavy atom. The summed E-state index contributed by atoms with van der Waals surface area (Å²) in [7, 11) is 1.75. The predicted molar refractivity (Wildman–Crippen MR) is 83.5 cm³/mol. The van der Waals surface area contributed by atoms with Crippen LogP contribution in [0.4, 0.5) is 0 Å². The van der Waals surface area contributed by atoms with E-state index in [1.54, 1.807) is 18.8 Å². The molecule has 110 valence electrons. The second-order valence-electron chi connectivity index (χ2n) is 5.84. The number of hydrogen-bond acceptors (Lipinski definition) is 3. The summed E-state index contributed by atoms with van der Waals surface area (Å²) in [6.45, 7) is 4.38. The molecule has 3 nitrogen and oxygen atoms in total. The molecule has 0 amide bonds. The highest BCUT2D eigenvalue weighted by Crippen LogP contribution is 2.40. The molecule has 2 rings (SSSR count). The Morgan fingerprint density at radius 1 is 1.40 bits per heavy atom. The molecule has 0 heterocycles. The maximum Gasteiger partial charge on any atom is 0.323 e. The summed E-state index contributed by atoms with van der Waals surface area (Å²) < 4.78 is 0. The molecule has 1 aromatic rings. The van der Waals surface area contributed by atoms with Crippen LogP contribution in [0.2, 0.25) is 0 Å². The molecule has 2 atom stereocenters. The van der Waals surface area contributed by atoms with Crippen LogP contribution in [-0.4, -0.2) is 28.9 Å². The van der Waals surface area contributed by atoms with Crippen LogP contribution >= 0.6 is 11.8 Å². The van der Waals surface area contributed by atoms with Crippen LogP contribution in [-0.2, 0) is 4.79 Å². The van der Waals surface area contributed by atoms with Gasteiger partial charge in [-0.25, -0.2) is 0 Å². The summed E-state index contributed by atoms with van der Waals surface area (Å²) in [5, 5.41) is 12.8. The van der Waals surface area contributed by atoms with Gasteiger partial charge in [-0.1, -0.05) is 26.0 Å². The highest BCUT2D eigenvalue weighted by molar-refractivity contribution is 8.00. The van der Waals surface area contributed by atoms with E-state index in [0.29, 0.717) is 24.0 Å². The lowest BCUT2D eigenvalue weighted by Gasteiger charge is -2.23. The van der Waals surface area contributed by atoms with Gasteiger partial charge in [0.15, 0.2) is 0 Å². The first-order chi connectivity index (χ1) is 9.47. The number of nitrogens with one attached hydrogen (secondary N) is 1. The Hall–Kier alpha value is -1.00. The molecule has 1 fully saturated rings. The second kappa shape index (κ2) is 6.19. The maximum atomic E-state index is 11.4. The van der Waals surface area contributed by atoms with Crippen molar-refractivity contribution in [2.75, 3.05) is 7.05 Å².